The van der Waals surface area contributed by atoms with Crippen LogP contribution in [-0.2, 0) is 24.6 Å². The van der Waals surface area contributed by atoms with Crippen molar-refractivity contribution in [3.8, 4) is 0 Å². The zero-order valence-electron chi connectivity index (χ0n) is 7.80. The molecule has 0 atom stereocenters. The molecule has 0 bridgehead atoms. The third-order valence-corrected chi connectivity index (χ3v) is 3.39. The van der Waals surface area contributed by atoms with E-state index in [1.807, 2.05) is 0 Å². The number of halogens is 3. The van der Waals surface area contributed by atoms with Crippen molar-refractivity contribution in [1.82, 2.24) is 4.31 Å². The largest absolute Gasteiger partial charge is 0.511 e. The summed E-state index contributed by atoms with van der Waals surface area (Å²) in [6.45, 7) is -1.80. The molecule has 16 heavy (non-hydrogen) atoms. The van der Waals surface area contributed by atoms with Gasteiger partial charge < -0.3 is 0 Å². The second kappa shape index (κ2) is 4.83. The van der Waals surface area contributed by atoms with Gasteiger partial charge in [-0.15, -0.1) is 0 Å². The maximum Gasteiger partial charge on any atom is 0.511 e. The van der Waals surface area contributed by atoms with Gasteiger partial charge in [0, 0.05) is 13.6 Å². The number of sulfonamides is 1. The second-order valence-electron chi connectivity index (χ2n) is 2.52. The molecule has 0 rings (SSSR count). The van der Waals surface area contributed by atoms with Crippen molar-refractivity contribution in [2.24, 2.45) is 0 Å². The summed E-state index contributed by atoms with van der Waals surface area (Å²) in [5, 5.41) is 0. The molecule has 0 radical (unpaired) electrons. The van der Waals surface area contributed by atoms with E-state index in [1.54, 1.807) is 0 Å². The van der Waals surface area contributed by atoms with Crippen LogP contribution in [0.1, 0.15) is 0 Å². The van der Waals surface area contributed by atoms with Crippen LogP contribution >= 0.6 is 0 Å². The highest BCUT2D eigenvalue weighted by molar-refractivity contribution is 7.89. The lowest BCUT2D eigenvalue weighted by atomic mass is 10.7. The average Bonchev–Trinajstić information content (AvgIpc) is 1.99. The lowest BCUT2D eigenvalue weighted by Gasteiger charge is -2.17. The minimum atomic E-state index is -5.52. The Hall–Kier alpha value is -0.430. The fraction of sp³-hybridized carbons (Fsp3) is 1.00. The first kappa shape index (κ1) is 15.6. The van der Waals surface area contributed by atoms with Crippen molar-refractivity contribution in [3.63, 3.8) is 0 Å². The number of likely N-dealkylation sites (N-methyl/N-ethyl adjacent to an activating group) is 1. The Morgan fingerprint density at radius 2 is 1.69 bits per heavy atom. The molecule has 0 heterocycles. The van der Waals surface area contributed by atoms with E-state index in [1.165, 1.54) is 0 Å². The van der Waals surface area contributed by atoms with E-state index < -0.39 is 39.1 Å². The predicted molar refractivity (Wildman–Crippen MR) is 45.1 cm³/mol. The van der Waals surface area contributed by atoms with E-state index in [0.29, 0.717) is 7.05 Å². The van der Waals surface area contributed by atoms with Crippen LogP contribution in [0.3, 0.4) is 0 Å². The number of hydrogen-bond acceptors (Lipinski definition) is 5. The summed E-state index contributed by atoms with van der Waals surface area (Å²) in [5.74, 6) is 0. The lowest BCUT2D eigenvalue weighted by molar-refractivity contribution is -0.0484. The first-order chi connectivity index (χ1) is 6.88. The lowest BCUT2D eigenvalue weighted by Crippen LogP contribution is -2.39. The molecule has 0 saturated heterocycles. The van der Waals surface area contributed by atoms with Crippen LogP contribution < -0.4 is 0 Å². The third-order valence-electron chi connectivity index (χ3n) is 1.34. The smallest absolute Gasteiger partial charge is 0.264 e. The van der Waals surface area contributed by atoms with Crippen molar-refractivity contribution in [2.45, 2.75) is 5.51 Å². The fourth-order valence-corrected chi connectivity index (χ4v) is 1.52. The van der Waals surface area contributed by atoms with Crippen LogP contribution in [0.5, 0.6) is 0 Å². The van der Waals surface area contributed by atoms with E-state index >= 15 is 0 Å². The summed E-state index contributed by atoms with van der Waals surface area (Å²) in [4.78, 5) is 0. The summed E-state index contributed by atoms with van der Waals surface area (Å²) >= 11 is 0. The molecule has 0 aliphatic heterocycles. The van der Waals surface area contributed by atoms with Gasteiger partial charge >= 0.3 is 25.9 Å². The van der Waals surface area contributed by atoms with Gasteiger partial charge in [-0.1, -0.05) is 0 Å². The molecule has 0 aromatic rings. The number of hydrogen-bond donors (Lipinski definition) is 1. The molecule has 0 unspecified atom stereocenters. The summed E-state index contributed by atoms with van der Waals surface area (Å²) in [6.07, 6.45) is 0. The Kier molecular flexibility index (Phi) is 4.70. The molecule has 0 aliphatic rings. The topological polar surface area (TPSA) is 101 Å². The molecule has 0 fully saturated rings. The first-order valence-corrected chi connectivity index (χ1v) is 6.33. The number of alkyl halides is 3. The van der Waals surface area contributed by atoms with Crippen molar-refractivity contribution in [2.75, 3.05) is 20.2 Å². The monoisotopic (exact) mass is 287 g/mol. The quantitative estimate of drug-likeness (QED) is 0.690. The molecule has 0 aromatic carbocycles. The standard InChI is InChI=1S/C4H8F3NO6S2/c1-8(2-3-14-16(11,12)13)15(9,10)4(5,6)7/h2-3H2,1H3,(H,11,12,13). The van der Waals surface area contributed by atoms with Crippen LogP contribution in [-0.4, -0.2) is 51.4 Å². The Balaban J connectivity index is 4.45. The molecule has 7 nitrogen and oxygen atoms in total. The first-order valence-electron chi connectivity index (χ1n) is 3.52. The van der Waals surface area contributed by atoms with Gasteiger partial charge in [0.2, 0.25) is 0 Å². The van der Waals surface area contributed by atoms with Crippen LogP contribution in [0.4, 0.5) is 13.2 Å². The van der Waals surface area contributed by atoms with Crippen molar-refractivity contribution in [1.29, 1.82) is 0 Å². The van der Waals surface area contributed by atoms with Crippen LogP contribution in [0, 0.1) is 0 Å². The fourth-order valence-electron chi connectivity index (χ4n) is 0.568. The van der Waals surface area contributed by atoms with Crippen LogP contribution in [0.15, 0.2) is 0 Å². The zero-order valence-corrected chi connectivity index (χ0v) is 9.43. The van der Waals surface area contributed by atoms with Gasteiger partial charge in [-0.3, -0.25) is 4.55 Å². The highest BCUT2D eigenvalue weighted by atomic mass is 32.3. The molecular formula is C4H8F3NO6S2. The molecule has 0 saturated carbocycles. The maximum absolute atomic E-state index is 11.9. The van der Waals surface area contributed by atoms with Gasteiger partial charge in [0.15, 0.2) is 0 Å². The zero-order chi connectivity index (χ0) is 13.2. The Bertz CT molecular complexity index is 425. The third kappa shape index (κ3) is 4.61. The number of nitrogens with zero attached hydrogens (tertiary/aromatic N) is 1. The average molecular weight is 287 g/mol. The van der Waals surface area contributed by atoms with Crippen molar-refractivity contribution < 1.29 is 38.7 Å². The molecule has 0 spiro atoms. The van der Waals surface area contributed by atoms with E-state index in [9.17, 15) is 30.0 Å². The molecule has 0 aromatic heterocycles. The van der Waals surface area contributed by atoms with E-state index in [0.717, 1.165) is 0 Å². The van der Waals surface area contributed by atoms with Gasteiger partial charge in [-0.2, -0.15) is 25.9 Å². The summed E-state index contributed by atoms with van der Waals surface area (Å²) in [5.41, 5.74) is -5.47. The Labute approximate surface area is 89.8 Å². The van der Waals surface area contributed by atoms with Crippen LogP contribution in [0.2, 0.25) is 0 Å². The summed E-state index contributed by atoms with van der Waals surface area (Å²) in [6, 6.07) is 0. The van der Waals surface area contributed by atoms with Crippen molar-refractivity contribution in [3.05, 3.63) is 0 Å². The van der Waals surface area contributed by atoms with Gasteiger partial charge in [0.1, 0.15) is 0 Å². The van der Waals surface area contributed by atoms with E-state index in [-0.39, 0.29) is 4.31 Å². The van der Waals surface area contributed by atoms with Gasteiger partial charge in [0.05, 0.1) is 6.61 Å². The summed E-state index contributed by atoms with van der Waals surface area (Å²) < 4.78 is 88.6. The normalized spacial score (nSPS) is 14.4. The molecular weight excluding hydrogens is 279 g/mol. The minimum absolute atomic E-state index is 0.141. The molecule has 1 N–H and O–H groups in total. The summed E-state index contributed by atoms with van der Waals surface area (Å²) in [7, 11) is -9.73. The molecule has 98 valence electrons. The van der Waals surface area contributed by atoms with Crippen molar-refractivity contribution >= 4 is 20.4 Å². The molecule has 0 amide bonds. The highest BCUT2D eigenvalue weighted by Crippen LogP contribution is 2.25. The maximum atomic E-state index is 11.9. The van der Waals surface area contributed by atoms with Gasteiger partial charge in [-0.25, -0.2) is 12.6 Å². The Morgan fingerprint density at radius 3 is 2.00 bits per heavy atom. The predicted octanol–water partition coefficient (Wildman–Crippen LogP) is -0.413. The second-order valence-corrected chi connectivity index (χ2v) is 5.65. The molecule has 12 heteroatoms. The van der Waals surface area contributed by atoms with Gasteiger partial charge in [-0.05, 0) is 0 Å². The Morgan fingerprint density at radius 1 is 1.25 bits per heavy atom. The van der Waals surface area contributed by atoms with Gasteiger partial charge in [0.25, 0.3) is 0 Å². The van der Waals surface area contributed by atoms with E-state index in [2.05, 4.69) is 4.18 Å². The number of rotatable bonds is 5. The van der Waals surface area contributed by atoms with E-state index in [4.69, 9.17) is 4.55 Å². The minimum Gasteiger partial charge on any atom is -0.264 e. The molecule has 0 aliphatic carbocycles. The SMILES string of the molecule is CN(CCOS(=O)(=O)O)S(=O)(=O)C(F)(F)F. The highest BCUT2D eigenvalue weighted by Gasteiger charge is 2.48. The van der Waals surface area contributed by atoms with Crippen LogP contribution in [0.25, 0.3) is 0 Å².